The summed E-state index contributed by atoms with van der Waals surface area (Å²) in [5.41, 5.74) is 3.35. The first kappa shape index (κ1) is 12.3. The molecule has 1 N–H and O–H groups in total. The van der Waals surface area contributed by atoms with E-state index >= 15 is 0 Å². The van der Waals surface area contributed by atoms with Crippen LogP contribution in [0, 0.1) is 13.8 Å². The molecule has 0 saturated heterocycles. The van der Waals surface area contributed by atoms with Gasteiger partial charge in [0.25, 0.3) is 5.89 Å². The first-order valence-corrected chi connectivity index (χ1v) is 6.20. The first-order chi connectivity index (χ1) is 9.65. The Morgan fingerprint density at radius 1 is 1.10 bits per heavy atom. The second kappa shape index (κ2) is 4.77. The molecule has 0 aliphatic rings. The van der Waals surface area contributed by atoms with E-state index in [1.54, 1.807) is 18.5 Å². The normalized spacial score (nSPS) is 10.7. The van der Waals surface area contributed by atoms with Crippen molar-refractivity contribution in [3.8, 4) is 28.6 Å². The van der Waals surface area contributed by atoms with E-state index in [2.05, 4.69) is 15.1 Å². The predicted octanol–water partition coefficient (Wildman–Crippen LogP) is 3.12. The molecule has 0 aliphatic carbocycles. The number of pyridine rings is 1. The summed E-state index contributed by atoms with van der Waals surface area (Å²) in [4.78, 5) is 8.42. The Balaban J connectivity index is 2.02. The van der Waals surface area contributed by atoms with Gasteiger partial charge in [0.15, 0.2) is 0 Å². The van der Waals surface area contributed by atoms with Crippen molar-refractivity contribution in [1.29, 1.82) is 0 Å². The van der Waals surface area contributed by atoms with Gasteiger partial charge in [-0.15, -0.1) is 0 Å². The molecule has 0 fully saturated rings. The van der Waals surface area contributed by atoms with Gasteiger partial charge in [-0.2, -0.15) is 4.98 Å². The lowest BCUT2D eigenvalue weighted by molar-refractivity contribution is 0.431. The minimum atomic E-state index is 0.208. The summed E-state index contributed by atoms with van der Waals surface area (Å²) in [5.74, 6) is 1.07. The van der Waals surface area contributed by atoms with Crippen LogP contribution < -0.4 is 0 Å². The molecule has 2 aromatic heterocycles. The number of rotatable bonds is 2. The van der Waals surface area contributed by atoms with Crippen molar-refractivity contribution in [2.75, 3.05) is 0 Å². The number of aryl methyl sites for hydroxylation is 2. The van der Waals surface area contributed by atoms with Crippen molar-refractivity contribution in [2.45, 2.75) is 13.8 Å². The van der Waals surface area contributed by atoms with Gasteiger partial charge in [0.2, 0.25) is 5.82 Å². The standard InChI is InChI=1S/C15H13N3O2/c1-9-5-6-16-8-12(9)14-17-15(20-18-14)11-4-3-10(2)13(19)7-11/h3-8,19H,1-2H3. The fraction of sp³-hybridized carbons (Fsp3) is 0.133. The maximum atomic E-state index is 9.73. The molecule has 0 amide bonds. The Bertz CT molecular complexity index is 765. The van der Waals surface area contributed by atoms with Crippen LogP contribution in [0.1, 0.15) is 11.1 Å². The van der Waals surface area contributed by atoms with E-state index < -0.39 is 0 Å². The van der Waals surface area contributed by atoms with Gasteiger partial charge in [-0.3, -0.25) is 4.98 Å². The lowest BCUT2D eigenvalue weighted by Crippen LogP contribution is -1.87. The third-order valence-corrected chi connectivity index (χ3v) is 3.16. The molecule has 0 spiro atoms. The third-order valence-electron chi connectivity index (χ3n) is 3.16. The van der Waals surface area contributed by atoms with Crippen LogP contribution in [0.15, 0.2) is 41.2 Å². The van der Waals surface area contributed by atoms with Crippen molar-refractivity contribution in [2.24, 2.45) is 0 Å². The van der Waals surface area contributed by atoms with E-state index in [1.165, 1.54) is 0 Å². The zero-order chi connectivity index (χ0) is 14.1. The highest BCUT2D eigenvalue weighted by Crippen LogP contribution is 2.27. The Morgan fingerprint density at radius 3 is 2.70 bits per heavy atom. The van der Waals surface area contributed by atoms with Crippen LogP contribution in [0.2, 0.25) is 0 Å². The smallest absolute Gasteiger partial charge is 0.258 e. The molecule has 20 heavy (non-hydrogen) atoms. The van der Waals surface area contributed by atoms with Gasteiger partial charge in [0.1, 0.15) is 5.75 Å². The molecule has 1 aromatic carbocycles. The van der Waals surface area contributed by atoms with Crippen LogP contribution >= 0.6 is 0 Å². The highest BCUT2D eigenvalue weighted by atomic mass is 16.5. The van der Waals surface area contributed by atoms with Crippen molar-refractivity contribution < 1.29 is 9.63 Å². The van der Waals surface area contributed by atoms with Crippen LogP contribution in [-0.2, 0) is 0 Å². The van der Waals surface area contributed by atoms with Gasteiger partial charge in [-0.1, -0.05) is 11.2 Å². The second-order valence-corrected chi connectivity index (χ2v) is 4.61. The molecule has 0 saturated carbocycles. The molecular weight excluding hydrogens is 254 g/mol. The first-order valence-electron chi connectivity index (χ1n) is 6.20. The SMILES string of the molecule is Cc1ccc(-c2nc(-c3cnccc3C)no2)cc1O. The largest absolute Gasteiger partial charge is 0.508 e. The zero-order valence-electron chi connectivity index (χ0n) is 11.2. The Kier molecular flexibility index (Phi) is 2.95. The average molecular weight is 267 g/mol. The van der Waals surface area contributed by atoms with E-state index in [1.807, 2.05) is 32.0 Å². The van der Waals surface area contributed by atoms with Crippen molar-refractivity contribution >= 4 is 0 Å². The number of hydrogen-bond donors (Lipinski definition) is 1. The molecule has 5 heteroatoms. The quantitative estimate of drug-likeness (QED) is 0.772. The van der Waals surface area contributed by atoms with E-state index in [0.29, 0.717) is 17.3 Å². The highest BCUT2D eigenvalue weighted by Gasteiger charge is 2.13. The Morgan fingerprint density at radius 2 is 1.95 bits per heavy atom. The molecule has 0 aliphatic heterocycles. The monoisotopic (exact) mass is 267 g/mol. The topological polar surface area (TPSA) is 72.0 Å². The number of aromatic hydroxyl groups is 1. The van der Waals surface area contributed by atoms with Crippen LogP contribution in [-0.4, -0.2) is 20.2 Å². The Labute approximate surface area is 115 Å². The predicted molar refractivity (Wildman–Crippen MR) is 74.1 cm³/mol. The molecule has 0 atom stereocenters. The lowest BCUT2D eigenvalue weighted by Gasteiger charge is -1.99. The minimum Gasteiger partial charge on any atom is -0.508 e. The molecule has 2 heterocycles. The molecule has 3 rings (SSSR count). The summed E-state index contributed by atoms with van der Waals surface area (Å²) in [7, 11) is 0. The average Bonchev–Trinajstić information content (AvgIpc) is 2.92. The third kappa shape index (κ3) is 2.14. The summed E-state index contributed by atoms with van der Waals surface area (Å²) < 4.78 is 5.25. The van der Waals surface area contributed by atoms with Crippen LogP contribution in [0.5, 0.6) is 5.75 Å². The maximum Gasteiger partial charge on any atom is 0.258 e. The fourth-order valence-electron chi connectivity index (χ4n) is 1.89. The zero-order valence-corrected chi connectivity index (χ0v) is 11.2. The summed E-state index contributed by atoms with van der Waals surface area (Å²) in [6, 6.07) is 7.15. The summed E-state index contributed by atoms with van der Waals surface area (Å²) >= 11 is 0. The number of aromatic nitrogens is 3. The van der Waals surface area contributed by atoms with Gasteiger partial charge >= 0.3 is 0 Å². The highest BCUT2D eigenvalue weighted by molar-refractivity contribution is 5.63. The molecule has 100 valence electrons. The van der Waals surface area contributed by atoms with Crippen LogP contribution in [0.25, 0.3) is 22.8 Å². The molecule has 0 unspecified atom stereocenters. The van der Waals surface area contributed by atoms with E-state index in [-0.39, 0.29) is 5.75 Å². The second-order valence-electron chi connectivity index (χ2n) is 4.61. The maximum absolute atomic E-state index is 9.73. The molecule has 0 radical (unpaired) electrons. The van der Waals surface area contributed by atoms with E-state index in [0.717, 1.165) is 16.7 Å². The van der Waals surface area contributed by atoms with E-state index in [4.69, 9.17) is 4.52 Å². The minimum absolute atomic E-state index is 0.208. The van der Waals surface area contributed by atoms with Gasteiger partial charge < -0.3 is 9.63 Å². The summed E-state index contributed by atoms with van der Waals surface area (Å²) in [6.07, 6.45) is 3.43. The van der Waals surface area contributed by atoms with Gasteiger partial charge in [0, 0.05) is 23.5 Å². The van der Waals surface area contributed by atoms with E-state index in [9.17, 15) is 5.11 Å². The Hall–Kier alpha value is -2.69. The summed E-state index contributed by atoms with van der Waals surface area (Å²) in [6.45, 7) is 3.79. The lowest BCUT2D eigenvalue weighted by atomic mass is 10.1. The number of nitrogens with zero attached hydrogens (tertiary/aromatic N) is 3. The van der Waals surface area contributed by atoms with Crippen molar-refractivity contribution in [3.05, 3.63) is 47.8 Å². The van der Waals surface area contributed by atoms with Crippen molar-refractivity contribution in [3.63, 3.8) is 0 Å². The van der Waals surface area contributed by atoms with Gasteiger partial charge in [-0.05, 0) is 43.2 Å². The number of phenols is 1. The fourth-order valence-corrected chi connectivity index (χ4v) is 1.89. The summed E-state index contributed by atoms with van der Waals surface area (Å²) in [5, 5.41) is 13.7. The molecule has 0 bridgehead atoms. The number of benzene rings is 1. The van der Waals surface area contributed by atoms with Crippen LogP contribution in [0.4, 0.5) is 0 Å². The number of hydrogen-bond acceptors (Lipinski definition) is 5. The van der Waals surface area contributed by atoms with Crippen molar-refractivity contribution in [1.82, 2.24) is 15.1 Å². The van der Waals surface area contributed by atoms with Gasteiger partial charge in [0.05, 0.1) is 0 Å². The van der Waals surface area contributed by atoms with Crippen LogP contribution in [0.3, 0.4) is 0 Å². The van der Waals surface area contributed by atoms with Gasteiger partial charge in [-0.25, -0.2) is 0 Å². The molecular formula is C15H13N3O2. The number of phenolic OH excluding ortho intramolecular Hbond substituents is 1. The molecule has 3 aromatic rings. The molecule has 5 nitrogen and oxygen atoms in total.